The van der Waals surface area contributed by atoms with Crippen molar-refractivity contribution in [2.24, 2.45) is 5.92 Å². The number of pyridine rings is 1. The number of fused-ring (bicyclic) bond motifs is 1. The van der Waals surface area contributed by atoms with Crippen molar-refractivity contribution < 1.29 is 40.7 Å². The van der Waals surface area contributed by atoms with E-state index in [1.54, 1.807) is 0 Å². The molecule has 0 spiro atoms. The first-order valence-corrected chi connectivity index (χ1v) is 12.4. The molecule has 11 nitrogen and oxygen atoms in total. The summed E-state index contributed by atoms with van der Waals surface area (Å²) in [6, 6.07) is 6.88. The number of carboxylic acid groups (broad SMARTS) is 1. The molecule has 0 bridgehead atoms. The number of piperidine rings is 1. The summed E-state index contributed by atoms with van der Waals surface area (Å²) in [6.07, 6.45) is -4.86. The van der Waals surface area contributed by atoms with Crippen molar-refractivity contribution in [3.63, 3.8) is 0 Å². The third-order valence-corrected chi connectivity index (χ3v) is 6.35. The molecule has 0 saturated carbocycles. The Morgan fingerprint density at radius 1 is 1.10 bits per heavy atom. The zero-order valence-electron chi connectivity index (χ0n) is 21.4. The fourth-order valence-electron chi connectivity index (χ4n) is 4.28. The molecule has 42 heavy (non-hydrogen) atoms. The first-order valence-electron chi connectivity index (χ1n) is 12.4. The molecule has 1 aromatic carbocycles. The number of aliphatic carboxylic acids is 1. The SMILES string of the molecule is O=C(O)C(F)(F)F.O=c1c2cc(F)ccc2n(CC2CCNCC2)c(=O)n1Cc1ccc(-c2nnc(C(F)F)o2)cn1. The summed E-state index contributed by atoms with van der Waals surface area (Å²) < 4.78 is 78.6. The van der Waals surface area contributed by atoms with E-state index >= 15 is 0 Å². The monoisotopic (exact) mass is 600 g/mol. The molecule has 4 aromatic rings. The maximum absolute atomic E-state index is 14.0. The minimum absolute atomic E-state index is 0.112. The number of nitrogens with zero attached hydrogens (tertiary/aromatic N) is 5. The highest BCUT2D eigenvalue weighted by molar-refractivity contribution is 5.78. The van der Waals surface area contributed by atoms with Crippen LogP contribution in [0.25, 0.3) is 22.4 Å². The zero-order chi connectivity index (χ0) is 30.6. The zero-order valence-corrected chi connectivity index (χ0v) is 21.4. The molecule has 0 radical (unpaired) electrons. The number of hydrogen-bond acceptors (Lipinski definition) is 8. The summed E-state index contributed by atoms with van der Waals surface area (Å²) in [4.78, 5) is 39.7. The number of hydrogen-bond donors (Lipinski definition) is 2. The van der Waals surface area contributed by atoms with E-state index in [4.69, 9.17) is 14.3 Å². The average molecular weight is 600 g/mol. The first kappa shape index (κ1) is 30.4. The summed E-state index contributed by atoms with van der Waals surface area (Å²) in [6.45, 7) is 1.96. The maximum Gasteiger partial charge on any atom is 0.490 e. The Kier molecular flexibility index (Phi) is 9.08. The standard InChI is InChI=1S/C23H21F3N6O3.C2HF3O2/c24-15-2-4-18-17(9-15)22(33)32(23(34)31(18)11-13-5-7-27-8-6-13)12-16-3-1-14(10-28-16)20-29-30-21(35-20)19(25)26;3-2(4,5)1(6)7/h1-4,9-10,13,19,27H,5-8,11-12H2;(H,6,7). The van der Waals surface area contributed by atoms with Gasteiger partial charge in [-0.25, -0.2) is 14.0 Å². The molecule has 1 fully saturated rings. The van der Waals surface area contributed by atoms with Crippen molar-refractivity contribution in [1.82, 2.24) is 29.6 Å². The van der Waals surface area contributed by atoms with Gasteiger partial charge < -0.3 is 14.8 Å². The third kappa shape index (κ3) is 7.02. The Labute approximate surface area is 231 Å². The van der Waals surface area contributed by atoms with Gasteiger partial charge >= 0.3 is 24.3 Å². The van der Waals surface area contributed by atoms with Crippen molar-refractivity contribution in [3.8, 4) is 11.5 Å². The van der Waals surface area contributed by atoms with Gasteiger partial charge in [0.2, 0.25) is 5.89 Å². The molecule has 0 atom stereocenters. The number of carboxylic acids is 1. The van der Waals surface area contributed by atoms with E-state index in [9.17, 15) is 35.9 Å². The number of halogens is 6. The Hall–Kier alpha value is -4.54. The molecule has 0 aliphatic carbocycles. The van der Waals surface area contributed by atoms with Gasteiger partial charge in [0, 0.05) is 12.7 Å². The molecule has 1 aliphatic heterocycles. The summed E-state index contributed by atoms with van der Waals surface area (Å²) in [5.41, 5.74) is -0.0479. The quantitative estimate of drug-likeness (QED) is 0.318. The molecule has 4 heterocycles. The van der Waals surface area contributed by atoms with Gasteiger partial charge in [-0.05, 0) is 62.2 Å². The number of rotatable bonds is 6. The summed E-state index contributed by atoms with van der Waals surface area (Å²) in [7, 11) is 0. The van der Waals surface area contributed by atoms with Crippen molar-refractivity contribution >= 4 is 16.9 Å². The molecule has 0 unspecified atom stereocenters. The van der Waals surface area contributed by atoms with Crippen LogP contribution in [0.2, 0.25) is 0 Å². The molecule has 2 N–H and O–H groups in total. The van der Waals surface area contributed by atoms with Gasteiger partial charge in [0.05, 0.1) is 28.7 Å². The van der Waals surface area contributed by atoms with E-state index in [1.807, 2.05) is 0 Å². The number of carbonyl (C=O) groups is 1. The predicted molar refractivity (Wildman–Crippen MR) is 133 cm³/mol. The van der Waals surface area contributed by atoms with E-state index in [0.717, 1.165) is 36.6 Å². The second-order valence-corrected chi connectivity index (χ2v) is 9.23. The second-order valence-electron chi connectivity index (χ2n) is 9.23. The molecule has 3 aromatic heterocycles. The minimum Gasteiger partial charge on any atom is -0.475 e. The lowest BCUT2D eigenvalue weighted by atomic mass is 9.98. The van der Waals surface area contributed by atoms with Crippen molar-refractivity contribution in [1.29, 1.82) is 0 Å². The molecular weight excluding hydrogens is 578 g/mol. The molecule has 1 aliphatic rings. The Bertz CT molecular complexity index is 1680. The summed E-state index contributed by atoms with van der Waals surface area (Å²) in [5.74, 6) is -4.00. The lowest BCUT2D eigenvalue weighted by Crippen LogP contribution is -2.42. The molecule has 0 amide bonds. The fourth-order valence-corrected chi connectivity index (χ4v) is 4.28. The van der Waals surface area contributed by atoms with Crippen LogP contribution in [0.5, 0.6) is 0 Å². The molecule has 5 rings (SSSR count). The normalized spacial score (nSPS) is 14.2. The summed E-state index contributed by atoms with van der Waals surface area (Å²) >= 11 is 0. The topological polar surface area (TPSA) is 145 Å². The van der Waals surface area contributed by atoms with Gasteiger partial charge in [-0.3, -0.25) is 18.9 Å². The van der Waals surface area contributed by atoms with Crippen molar-refractivity contribution in [2.45, 2.75) is 38.5 Å². The second kappa shape index (κ2) is 12.5. The maximum atomic E-state index is 14.0. The molecule has 17 heteroatoms. The lowest BCUT2D eigenvalue weighted by molar-refractivity contribution is -0.192. The van der Waals surface area contributed by atoms with Gasteiger partial charge in [0.1, 0.15) is 5.82 Å². The van der Waals surface area contributed by atoms with Crippen LogP contribution in [-0.2, 0) is 17.9 Å². The van der Waals surface area contributed by atoms with Crippen molar-refractivity contribution in [3.05, 3.63) is 74.8 Å². The lowest BCUT2D eigenvalue weighted by Gasteiger charge is -2.24. The number of aromatic nitrogens is 5. The van der Waals surface area contributed by atoms with Crippen LogP contribution in [-0.4, -0.2) is 54.7 Å². The molecule has 224 valence electrons. The Morgan fingerprint density at radius 2 is 1.79 bits per heavy atom. The number of nitrogens with one attached hydrogen (secondary N) is 1. The highest BCUT2D eigenvalue weighted by Crippen LogP contribution is 2.23. The van der Waals surface area contributed by atoms with Crippen LogP contribution in [0.1, 0.15) is 30.9 Å². The first-order chi connectivity index (χ1) is 19.8. The van der Waals surface area contributed by atoms with E-state index in [-0.39, 0.29) is 23.7 Å². The van der Waals surface area contributed by atoms with Gasteiger partial charge in [-0.2, -0.15) is 22.0 Å². The minimum atomic E-state index is -5.08. The largest absolute Gasteiger partial charge is 0.490 e. The highest BCUT2D eigenvalue weighted by Gasteiger charge is 2.38. The van der Waals surface area contributed by atoms with Gasteiger partial charge in [-0.15, -0.1) is 10.2 Å². The number of alkyl halides is 5. The average Bonchev–Trinajstić information content (AvgIpc) is 3.45. The van der Waals surface area contributed by atoms with E-state index < -0.39 is 41.5 Å². The Morgan fingerprint density at radius 3 is 2.36 bits per heavy atom. The van der Waals surface area contributed by atoms with Gasteiger partial charge in [0.15, 0.2) is 0 Å². The van der Waals surface area contributed by atoms with E-state index in [0.29, 0.717) is 23.3 Å². The van der Waals surface area contributed by atoms with E-state index in [1.165, 1.54) is 35.0 Å². The van der Waals surface area contributed by atoms with Crippen LogP contribution in [0.4, 0.5) is 26.3 Å². The predicted octanol–water partition coefficient (Wildman–Crippen LogP) is 3.37. The third-order valence-electron chi connectivity index (χ3n) is 6.35. The highest BCUT2D eigenvalue weighted by atomic mass is 19.4. The van der Waals surface area contributed by atoms with Crippen LogP contribution < -0.4 is 16.6 Å². The van der Waals surface area contributed by atoms with E-state index in [2.05, 4.69) is 20.5 Å². The number of benzene rings is 1. The smallest absolute Gasteiger partial charge is 0.475 e. The van der Waals surface area contributed by atoms with Crippen molar-refractivity contribution in [2.75, 3.05) is 13.1 Å². The summed E-state index contributed by atoms with van der Waals surface area (Å²) in [5, 5.41) is 17.4. The van der Waals surface area contributed by atoms with Crippen LogP contribution in [0.15, 0.2) is 50.5 Å². The van der Waals surface area contributed by atoms with Crippen LogP contribution in [0, 0.1) is 11.7 Å². The molecule has 1 saturated heterocycles. The van der Waals surface area contributed by atoms with Gasteiger partial charge in [0.25, 0.3) is 11.4 Å². The fraction of sp³-hybridized carbons (Fsp3) is 0.360. The molecular formula is C25H22F6N6O5. The van der Waals surface area contributed by atoms with Crippen LogP contribution >= 0.6 is 0 Å². The van der Waals surface area contributed by atoms with Gasteiger partial charge in [-0.1, -0.05) is 0 Å². The van der Waals surface area contributed by atoms with Crippen LogP contribution in [0.3, 0.4) is 0 Å². The Balaban J connectivity index is 0.000000517.